The van der Waals surface area contributed by atoms with Crippen LogP contribution in [0.4, 0.5) is 0 Å². The molecule has 0 aliphatic rings. The molecule has 0 saturated heterocycles. The molecule has 0 N–H and O–H groups in total. The van der Waals surface area contributed by atoms with Crippen molar-refractivity contribution < 1.29 is 4.84 Å². The van der Waals surface area contributed by atoms with E-state index in [0.717, 1.165) is 32.3 Å². The number of aryl methyl sites for hydroxylation is 1. The van der Waals surface area contributed by atoms with E-state index in [2.05, 4.69) is 5.16 Å². The molecule has 0 unspecified atom stereocenters. The Labute approximate surface area is 205 Å². The van der Waals surface area contributed by atoms with E-state index in [0.29, 0.717) is 15.1 Å². The van der Waals surface area contributed by atoms with E-state index in [-0.39, 0.29) is 6.61 Å². The Hall–Kier alpha value is -2.44. The van der Waals surface area contributed by atoms with E-state index in [1.165, 1.54) is 0 Å². The van der Waals surface area contributed by atoms with E-state index in [9.17, 15) is 0 Å². The van der Waals surface area contributed by atoms with Crippen LogP contribution >= 0.6 is 46.6 Å². The van der Waals surface area contributed by atoms with Gasteiger partial charge in [0.25, 0.3) is 0 Å². The highest BCUT2D eigenvalue weighted by molar-refractivity contribution is 7.99. The standard InChI is InChI=1S/C24H18Cl3N3OS/c1-30-24(32-20-11-9-18(25)10-12-20)21(23(29-30)16-5-3-2-4-6-16)14-28-31-15-17-7-8-19(26)13-22(17)27/h2-14H,15H2,1H3. The summed E-state index contributed by atoms with van der Waals surface area (Å²) >= 11 is 19.8. The van der Waals surface area contributed by atoms with Gasteiger partial charge in [-0.1, -0.05) is 88.1 Å². The highest BCUT2D eigenvalue weighted by Gasteiger charge is 2.17. The van der Waals surface area contributed by atoms with Gasteiger partial charge in [-0.05, 0) is 36.4 Å². The lowest BCUT2D eigenvalue weighted by molar-refractivity contribution is 0.132. The fourth-order valence-electron chi connectivity index (χ4n) is 3.02. The van der Waals surface area contributed by atoms with Crippen LogP contribution in [0.1, 0.15) is 11.1 Å². The lowest BCUT2D eigenvalue weighted by Crippen LogP contribution is -1.94. The predicted octanol–water partition coefficient (Wildman–Crippen LogP) is 7.75. The molecule has 4 aromatic rings. The number of aromatic nitrogens is 2. The largest absolute Gasteiger partial charge is 0.391 e. The third-order valence-electron chi connectivity index (χ3n) is 4.60. The zero-order chi connectivity index (χ0) is 22.5. The third kappa shape index (κ3) is 5.48. The smallest absolute Gasteiger partial charge is 0.143 e. The molecular weight excluding hydrogens is 485 g/mol. The number of hydrogen-bond acceptors (Lipinski definition) is 4. The van der Waals surface area contributed by atoms with Gasteiger partial charge in [0, 0.05) is 38.1 Å². The zero-order valence-electron chi connectivity index (χ0n) is 17.0. The average molecular weight is 503 g/mol. The average Bonchev–Trinajstić information content (AvgIpc) is 3.10. The van der Waals surface area contributed by atoms with Gasteiger partial charge >= 0.3 is 0 Å². The Kier molecular flexibility index (Phi) is 7.43. The predicted molar refractivity (Wildman–Crippen MR) is 133 cm³/mol. The van der Waals surface area contributed by atoms with E-state index in [1.807, 2.05) is 72.4 Å². The highest BCUT2D eigenvalue weighted by atomic mass is 35.5. The summed E-state index contributed by atoms with van der Waals surface area (Å²) < 4.78 is 1.85. The van der Waals surface area contributed by atoms with E-state index < -0.39 is 0 Å². The normalized spacial score (nSPS) is 11.2. The fourth-order valence-corrected chi connectivity index (χ4v) is 4.54. The summed E-state index contributed by atoms with van der Waals surface area (Å²) in [6.45, 7) is 0.229. The summed E-state index contributed by atoms with van der Waals surface area (Å²) in [5, 5.41) is 11.7. The van der Waals surface area contributed by atoms with Crippen LogP contribution in [0, 0.1) is 0 Å². The highest BCUT2D eigenvalue weighted by Crippen LogP contribution is 2.35. The van der Waals surface area contributed by atoms with Crippen molar-refractivity contribution in [3.8, 4) is 11.3 Å². The maximum atomic E-state index is 6.22. The Morgan fingerprint density at radius 1 is 0.969 bits per heavy atom. The summed E-state index contributed by atoms with van der Waals surface area (Å²) in [6.07, 6.45) is 1.69. The van der Waals surface area contributed by atoms with Crippen LogP contribution in [0.15, 0.2) is 87.9 Å². The van der Waals surface area contributed by atoms with Crippen molar-refractivity contribution >= 4 is 52.8 Å². The van der Waals surface area contributed by atoms with Crippen molar-refractivity contribution in [2.75, 3.05) is 0 Å². The van der Waals surface area contributed by atoms with Gasteiger partial charge in [-0.25, -0.2) is 0 Å². The number of oxime groups is 1. The number of hydrogen-bond donors (Lipinski definition) is 0. The van der Waals surface area contributed by atoms with Crippen molar-refractivity contribution in [2.24, 2.45) is 12.2 Å². The van der Waals surface area contributed by atoms with Crippen molar-refractivity contribution in [1.82, 2.24) is 9.78 Å². The molecule has 0 atom stereocenters. The van der Waals surface area contributed by atoms with Crippen LogP contribution in [0.5, 0.6) is 0 Å². The molecule has 0 spiro atoms. The van der Waals surface area contributed by atoms with Crippen molar-refractivity contribution in [3.63, 3.8) is 0 Å². The number of halogens is 3. The van der Waals surface area contributed by atoms with Gasteiger partial charge in [-0.3, -0.25) is 4.68 Å². The Balaban J connectivity index is 1.63. The summed E-state index contributed by atoms with van der Waals surface area (Å²) in [5.74, 6) is 0. The molecule has 162 valence electrons. The molecule has 32 heavy (non-hydrogen) atoms. The first-order valence-corrected chi connectivity index (χ1v) is 11.6. The van der Waals surface area contributed by atoms with Crippen LogP contribution in [-0.4, -0.2) is 16.0 Å². The second-order valence-corrected chi connectivity index (χ2v) is 9.20. The van der Waals surface area contributed by atoms with Gasteiger partial charge in [-0.15, -0.1) is 0 Å². The Morgan fingerprint density at radius 3 is 2.41 bits per heavy atom. The molecule has 0 aliphatic carbocycles. The first-order valence-electron chi connectivity index (χ1n) is 9.66. The van der Waals surface area contributed by atoms with Crippen molar-refractivity contribution in [1.29, 1.82) is 0 Å². The second-order valence-electron chi connectivity index (χ2n) is 6.86. The van der Waals surface area contributed by atoms with Gasteiger partial charge < -0.3 is 4.84 Å². The molecule has 4 nitrogen and oxygen atoms in total. The zero-order valence-corrected chi connectivity index (χ0v) is 20.1. The third-order valence-corrected chi connectivity index (χ3v) is 6.62. The summed E-state index contributed by atoms with van der Waals surface area (Å²) in [4.78, 5) is 6.59. The molecule has 8 heteroatoms. The first kappa shape index (κ1) is 22.7. The minimum atomic E-state index is 0.229. The van der Waals surface area contributed by atoms with Gasteiger partial charge in [0.05, 0.1) is 11.8 Å². The van der Waals surface area contributed by atoms with Gasteiger partial charge in [0.1, 0.15) is 17.3 Å². The van der Waals surface area contributed by atoms with E-state index in [4.69, 9.17) is 44.7 Å². The maximum absolute atomic E-state index is 6.22. The number of benzene rings is 3. The topological polar surface area (TPSA) is 39.4 Å². The molecule has 4 rings (SSSR count). The van der Waals surface area contributed by atoms with Crippen LogP contribution in [0.25, 0.3) is 11.3 Å². The van der Waals surface area contributed by atoms with Crippen molar-refractivity contribution in [2.45, 2.75) is 16.5 Å². The molecule has 3 aromatic carbocycles. The molecule has 1 aromatic heterocycles. The lowest BCUT2D eigenvalue weighted by atomic mass is 10.1. The van der Waals surface area contributed by atoms with E-state index in [1.54, 1.807) is 30.1 Å². The molecule has 0 fully saturated rings. The Bertz CT molecular complexity index is 1240. The van der Waals surface area contributed by atoms with Crippen LogP contribution in [0.3, 0.4) is 0 Å². The van der Waals surface area contributed by atoms with Crippen LogP contribution in [-0.2, 0) is 18.5 Å². The van der Waals surface area contributed by atoms with Crippen LogP contribution in [0.2, 0.25) is 15.1 Å². The minimum absolute atomic E-state index is 0.229. The number of rotatable bonds is 7. The minimum Gasteiger partial charge on any atom is -0.391 e. The van der Waals surface area contributed by atoms with Gasteiger partial charge in [0.2, 0.25) is 0 Å². The fraction of sp³-hybridized carbons (Fsp3) is 0.0833. The second kappa shape index (κ2) is 10.5. The number of nitrogens with zero attached hydrogens (tertiary/aromatic N) is 3. The van der Waals surface area contributed by atoms with Gasteiger partial charge in [-0.2, -0.15) is 5.10 Å². The molecule has 0 bridgehead atoms. The summed E-state index contributed by atoms with van der Waals surface area (Å²) in [7, 11) is 1.91. The summed E-state index contributed by atoms with van der Waals surface area (Å²) in [6, 6.07) is 22.9. The van der Waals surface area contributed by atoms with Crippen molar-refractivity contribution in [3.05, 3.63) is 99.0 Å². The molecule has 0 saturated carbocycles. The quantitative estimate of drug-likeness (QED) is 0.191. The molecule has 0 aliphatic heterocycles. The van der Waals surface area contributed by atoms with Gasteiger partial charge in [0.15, 0.2) is 0 Å². The molecule has 0 radical (unpaired) electrons. The molecule has 0 amide bonds. The van der Waals surface area contributed by atoms with E-state index >= 15 is 0 Å². The summed E-state index contributed by atoms with van der Waals surface area (Å²) in [5.41, 5.74) is 3.48. The SMILES string of the molecule is Cn1nc(-c2ccccc2)c(C=NOCc2ccc(Cl)cc2Cl)c1Sc1ccc(Cl)cc1. The maximum Gasteiger partial charge on any atom is 0.143 e. The molecular formula is C24H18Cl3N3OS. The lowest BCUT2D eigenvalue weighted by Gasteiger charge is -2.05. The molecule has 1 heterocycles. The first-order chi connectivity index (χ1) is 15.5. The monoisotopic (exact) mass is 501 g/mol. The van der Waals surface area contributed by atoms with Crippen LogP contribution < -0.4 is 0 Å². The Morgan fingerprint density at radius 2 is 1.69 bits per heavy atom.